The lowest BCUT2D eigenvalue weighted by Gasteiger charge is -2.42. The van der Waals surface area contributed by atoms with Gasteiger partial charge < -0.3 is 10.4 Å². The number of hydrogen-bond donors (Lipinski definition) is 2. The first kappa shape index (κ1) is 13.9. The van der Waals surface area contributed by atoms with Crippen molar-refractivity contribution in [2.45, 2.75) is 50.6 Å². The number of benzene rings is 1. The van der Waals surface area contributed by atoms with Crippen molar-refractivity contribution in [1.29, 1.82) is 0 Å². The van der Waals surface area contributed by atoms with Gasteiger partial charge in [-0.2, -0.15) is 0 Å². The van der Waals surface area contributed by atoms with Crippen LogP contribution in [0.5, 0.6) is 0 Å². The topological polar surface area (TPSA) is 69.6 Å². The maximum Gasteiger partial charge on any atom is 0.329 e. The summed E-state index contributed by atoms with van der Waals surface area (Å²) in [6, 6.07) is 7.61. The molecule has 2 aliphatic rings. The van der Waals surface area contributed by atoms with Crippen LogP contribution in [-0.2, 0) is 11.2 Å². The Kier molecular flexibility index (Phi) is 3.35. The van der Waals surface area contributed by atoms with Gasteiger partial charge in [-0.05, 0) is 50.7 Å². The molecule has 0 bridgehead atoms. The molecular weight excluding hydrogens is 268 g/mol. The van der Waals surface area contributed by atoms with Crippen LogP contribution in [0, 0.1) is 0 Å². The molecule has 1 unspecified atom stereocenters. The molecule has 0 saturated heterocycles. The molecule has 1 aromatic carbocycles. The van der Waals surface area contributed by atoms with Crippen molar-refractivity contribution in [3.8, 4) is 0 Å². The molecule has 1 aliphatic carbocycles. The average molecular weight is 288 g/mol. The number of hydrogen-bond acceptors (Lipinski definition) is 2. The number of fused-ring (bicyclic) bond motifs is 1. The maximum atomic E-state index is 12.6. The predicted molar refractivity (Wildman–Crippen MR) is 79.5 cm³/mol. The van der Waals surface area contributed by atoms with Gasteiger partial charge in [-0.1, -0.05) is 18.2 Å². The molecule has 1 fully saturated rings. The molecular formula is C16H20N2O3. The van der Waals surface area contributed by atoms with E-state index in [0.29, 0.717) is 12.8 Å². The first-order valence-corrected chi connectivity index (χ1v) is 7.46. The normalized spacial score (nSPS) is 22.9. The van der Waals surface area contributed by atoms with Gasteiger partial charge in [-0.3, -0.25) is 4.90 Å². The first-order valence-electron chi connectivity index (χ1n) is 7.46. The predicted octanol–water partition coefficient (Wildman–Crippen LogP) is 2.54. The molecule has 3 rings (SSSR count). The van der Waals surface area contributed by atoms with Crippen molar-refractivity contribution in [3.63, 3.8) is 0 Å². The van der Waals surface area contributed by atoms with E-state index in [-0.39, 0.29) is 12.1 Å². The Morgan fingerprint density at radius 1 is 1.33 bits per heavy atom. The van der Waals surface area contributed by atoms with Gasteiger partial charge in [-0.25, -0.2) is 9.59 Å². The fourth-order valence-electron chi connectivity index (χ4n) is 3.19. The van der Waals surface area contributed by atoms with Crippen LogP contribution in [0.2, 0.25) is 0 Å². The number of amides is 2. The lowest BCUT2D eigenvalue weighted by molar-refractivity contribution is -0.148. The summed E-state index contributed by atoms with van der Waals surface area (Å²) in [7, 11) is 0. The van der Waals surface area contributed by atoms with Crippen molar-refractivity contribution in [2.24, 2.45) is 0 Å². The molecule has 1 aliphatic heterocycles. The lowest BCUT2D eigenvalue weighted by Crippen LogP contribution is -2.63. The summed E-state index contributed by atoms with van der Waals surface area (Å²) in [5, 5.41) is 12.1. The number of aryl methyl sites for hydroxylation is 1. The van der Waals surface area contributed by atoms with Crippen molar-refractivity contribution < 1.29 is 14.7 Å². The van der Waals surface area contributed by atoms with Gasteiger partial charge in [0.05, 0.1) is 0 Å². The fourth-order valence-corrected chi connectivity index (χ4v) is 3.19. The number of nitrogens with zero attached hydrogens (tertiary/aromatic N) is 1. The second-order valence-electron chi connectivity index (χ2n) is 6.06. The van der Waals surface area contributed by atoms with Crippen LogP contribution in [0.1, 0.15) is 38.2 Å². The summed E-state index contributed by atoms with van der Waals surface area (Å²) in [5.41, 5.74) is 0.973. The second kappa shape index (κ2) is 5.06. The number of carbonyl (C=O) groups excluding carboxylic acids is 1. The van der Waals surface area contributed by atoms with Gasteiger partial charge in [0.2, 0.25) is 0 Å². The number of nitrogens with one attached hydrogen (secondary N) is 1. The summed E-state index contributed by atoms with van der Waals surface area (Å²) in [6.07, 6.45) is 3.71. The molecule has 2 N–H and O–H groups in total. The highest BCUT2D eigenvalue weighted by Crippen LogP contribution is 2.34. The maximum absolute atomic E-state index is 12.6. The van der Waals surface area contributed by atoms with E-state index in [4.69, 9.17) is 0 Å². The van der Waals surface area contributed by atoms with Crippen LogP contribution in [0.15, 0.2) is 24.3 Å². The van der Waals surface area contributed by atoms with Crippen molar-refractivity contribution in [1.82, 2.24) is 5.32 Å². The molecule has 0 radical (unpaired) electrons. The highest BCUT2D eigenvalue weighted by Gasteiger charge is 2.47. The Bertz CT molecular complexity index is 581. The van der Waals surface area contributed by atoms with E-state index in [1.807, 2.05) is 31.2 Å². The molecule has 0 spiro atoms. The quantitative estimate of drug-likeness (QED) is 0.878. The minimum atomic E-state index is -1.07. The monoisotopic (exact) mass is 288 g/mol. The Morgan fingerprint density at radius 3 is 2.67 bits per heavy atom. The van der Waals surface area contributed by atoms with Crippen LogP contribution >= 0.6 is 0 Å². The standard InChI is InChI=1S/C16H20N2O3/c1-11-7-8-12-5-2-3-6-13(12)18(11)15(21)17-16(14(19)20)9-4-10-16/h2-3,5-6,11H,4,7-10H2,1H3,(H,17,21)(H,19,20). The third kappa shape index (κ3) is 2.26. The average Bonchev–Trinajstić information content (AvgIpc) is 2.42. The van der Waals surface area contributed by atoms with Crippen LogP contribution in [-0.4, -0.2) is 28.7 Å². The minimum Gasteiger partial charge on any atom is -0.480 e. The molecule has 2 amide bonds. The number of aliphatic carboxylic acids is 1. The SMILES string of the molecule is CC1CCc2ccccc2N1C(=O)NC1(C(=O)O)CCC1. The third-order valence-corrected chi connectivity index (χ3v) is 4.70. The summed E-state index contributed by atoms with van der Waals surface area (Å²) in [6.45, 7) is 2.00. The number of carboxylic acid groups (broad SMARTS) is 1. The largest absolute Gasteiger partial charge is 0.480 e. The second-order valence-corrected chi connectivity index (χ2v) is 6.06. The zero-order valence-corrected chi connectivity index (χ0v) is 12.1. The summed E-state index contributed by atoms with van der Waals surface area (Å²) in [4.78, 5) is 25.8. The Morgan fingerprint density at radius 2 is 2.05 bits per heavy atom. The summed E-state index contributed by atoms with van der Waals surface area (Å²) in [5.74, 6) is -0.931. The summed E-state index contributed by atoms with van der Waals surface area (Å²) < 4.78 is 0. The number of carbonyl (C=O) groups is 2. The van der Waals surface area contributed by atoms with E-state index in [9.17, 15) is 14.7 Å². The van der Waals surface area contributed by atoms with Crippen LogP contribution in [0.3, 0.4) is 0 Å². The Balaban J connectivity index is 1.86. The molecule has 5 nitrogen and oxygen atoms in total. The number of para-hydroxylation sites is 1. The lowest BCUT2D eigenvalue weighted by atomic mass is 9.77. The number of urea groups is 1. The third-order valence-electron chi connectivity index (χ3n) is 4.70. The van der Waals surface area contributed by atoms with Gasteiger partial charge in [-0.15, -0.1) is 0 Å². The van der Waals surface area contributed by atoms with Gasteiger partial charge in [0.1, 0.15) is 5.54 Å². The van der Waals surface area contributed by atoms with E-state index in [0.717, 1.165) is 30.5 Å². The van der Waals surface area contributed by atoms with Crippen molar-refractivity contribution >= 4 is 17.7 Å². The molecule has 5 heteroatoms. The van der Waals surface area contributed by atoms with Gasteiger partial charge in [0.15, 0.2) is 0 Å². The molecule has 1 saturated carbocycles. The van der Waals surface area contributed by atoms with E-state index >= 15 is 0 Å². The highest BCUT2D eigenvalue weighted by atomic mass is 16.4. The molecule has 1 aromatic rings. The van der Waals surface area contributed by atoms with E-state index in [1.165, 1.54) is 0 Å². The first-order chi connectivity index (χ1) is 10.0. The molecule has 1 heterocycles. The highest BCUT2D eigenvalue weighted by molar-refractivity contribution is 5.97. The van der Waals surface area contributed by atoms with Crippen LogP contribution in [0.25, 0.3) is 0 Å². The fraction of sp³-hybridized carbons (Fsp3) is 0.500. The zero-order valence-electron chi connectivity index (χ0n) is 12.1. The van der Waals surface area contributed by atoms with Crippen molar-refractivity contribution in [3.05, 3.63) is 29.8 Å². The minimum absolute atomic E-state index is 0.0748. The molecule has 0 aromatic heterocycles. The van der Waals surface area contributed by atoms with Gasteiger partial charge >= 0.3 is 12.0 Å². The molecule has 21 heavy (non-hydrogen) atoms. The van der Waals surface area contributed by atoms with Crippen LogP contribution in [0.4, 0.5) is 10.5 Å². The Labute approximate surface area is 123 Å². The smallest absolute Gasteiger partial charge is 0.329 e. The summed E-state index contributed by atoms with van der Waals surface area (Å²) >= 11 is 0. The van der Waals surface area contributed by atoms with E-state index < -0.39 is 11.5 Å². The van der Waals surface area contributed by atoms with E-state index in [1.54, 1.807) is 4.90 Å². The molecule has 1 atom stereocenters. The van der Waals surface area contributed by atoms with Gasteiger partial charge in [0.25, 0.3) is 0 Å². The van der Waals surface area contributed by atoms with Crippen LogP contribution < -0.4 is 10.2 Å². The molecule has 112 valence electrons. The number of anilines is 1. The van der Waals surface area contributed by atoms with Gasteiger partial charge in [0, 0.05) is 11.7 Å². The zero-order chi connectivity index (χ0) is 15.0. The Hall–Kier alpha value is -2.04. The number of carboxylic acids is 1. The number of rotatable bonds is 2. The van der Waals surface area contributed by atoms with E-state index in [2.05, 4.69) is 5.32 Å². The van der Waals surface area contributed by atoms with Crippen molar-refractivity contribution in [2.75, 3.05) is 4.90 Å².